The molecule has 0 aliphatic heterocycles. The Hall–Kier alpha value is -1.84. The fraction of sp³-hybridized carbons (Fsp3) is 0.200. The van der Waals surface area contributed by atoms with E-state index < -0.39 is 0 Å². The van der Waals surface area contributed by atoms with Gasteiger partial charge in [-0.15, -0.1) is 0 Å². The predicted molar refractivity (Wildman–Crippen MR) is 53.1 cm³/mol. The van der Waals surface area contributed by atoms with Crippen LogP contribution in [-0.2, 0) is 6.54 Å². The highest BCUT2D eigenvalue weighted by Crippen LogP contribution is 2.09. The minimum atomic E-state index is -0.387. The van der Waals surface area contributed by atoms with Gasteiger partial charge in [-0.1, -0.05) is 12.2 Å². The van der Waals surface area contributed by atoms with Crippen molar-refractivity contribution in [2.45, 2.75) is 13.5 Å². The first-order valence-electron chi connectivity index (χ1n) is 4.27. The van der Waals surface area contributed by atoms with E-state index in [-0.39, 0.29) is 5.76 Å². The molecule has 0 spiro atoms. The molecule has 14 heavy (non-hydrogen) atoms. The third-order valence-corrected chi connectivity index (χ3v) is 1.85. The number of fused-ring (bicyclic) bond motifs is 1. The maximum Gasteiger partial charge on any atom is 0.421 e. The minimum absolute atomic E-state index is 0.387. The first-order chi connectivity index (χ1) is 6.68. The second-order valence-corrected chi connectivity index (χ2v) is 3.24. The predicted octanol–water partition coefficient (Wildman–Crippen LogP) is 1.57. The summed E-state index contributed by atoms with van der Waals surface area (Å²) >= 11 is 0. The highest BCUT2D eigenvalue weighted by atomic mass is 16.4. The van der Waals surface area contributed by atoms with Crippen LogP contribution in [0.1, 0.15) is 6.92 Å². The van der Waals surface area contributed by atoms with Crippen molar-refractivity contribution in [1.29, 1.82) is 0 Å². The van der Waals surface area contributed by atoms with Gasteiger partial charge in [0.25, 0.3) is 0 Å². The third kappa shape index (κ3) is 1.35. The van der Waals surface area contributed by atoms with Crippen LogP contribution in [0.15, 0.2) is 39.7 Å². The summed E-state index contributed by atoms with van der Waals surface area (Å²) in [5, 5.41) is 0. The number of pyridine rings is 1. The van der Waals surface area contributed by atoms with E-state index in [1.165, 1.54) is 4.57 Å². The molecule has 0 bridgehead atoms. The SMILES string of the molecule is C=C(C)Cn1c(=O)oc2cccnc21. The first-order valence-corrected chi connectivity index (χ1v) is 4.27. The second kappa shape index (κ2) is 3.14. The fourth-order valence-corrected chi connectivity index (χ4v) is 1.31. The molecule has 72 valence electrons. The second-order valence-electron chi connectivity index (χ2n) is 3.24. The normalized spacial score (nSPS) is 10.6. The molecule has 0 fully saturated rings. The van der Waals surface area contributed by atoms with E-state index >= 15 is 0 Å². The van der Waals surface area contributed by atoms with E-state index in [2.05, 4.69) is 11.6 Å². The van der Waals surface area contributed by atoms with Gasteiger partial charge in [-0.3, -0.25) is 4.57 Å². The van der Waals surface area contributed by atoms with Crippen molar-refractivity contribution in [1.82, 2.24) is 9.55 Å². The lowest BCUT2D eigenvalue weighted by atomic mass is 10.3. The number of hydrogen-bond acceptors (Lipinski definition) is 3. The topological polar surface area (TPSA) is 48.0 Å². The summed E-state index contributed by atoms with van der Waals surface area (Å²) in [5.41, 5.74) is 1.97. The average Bonchev–Trinajstić information content (AvgIpc) is 2.43. The Bertz CT molecular complexity index is 536. The Morgan fingerprint density at radius 3 is 3.21 bits per heavy atom. The Morgan fingerprint density at radius 1 is 1.71 bits per heavy atom. The van der Waals surface area contributed by atoms with E-state index in [9.17, 15) is 4.79 Å². The molecule has 4 heteroatoms. The van der Waals surface area contributed by atoms with Gasteiger partial charge < -0.3 is 4.42 Å². The molecular weight excluding hydrogens is 180 g/mol. The van der Waals surface area contributed by atoms with Crippen molar-refractivity contribution in [3.05, 3.63) is 41.0 Å². The summed E-state index contributed by atoms with van der Waals surface area (Å²) in [5.74, 6) is -0.387. The van der Waals surface area contributed by atoms with E-state index in [4.69, 9.17) is 4.42 Å². The third-order valence-electron chi connectivity index (χ3n) is 1.85. The quantitative estimate of drug-likeness (QED) is 0.675. The summed E-state index contributed by atoms with van der Waals surface area (Å²) in [6.45, 7) is 6.05. The molecule has 0 aromatic carbocycles. The molecule has 2 rings (SSSR count). The van der Waals surface area contributed by atoms with Crippen LogP contribution in [0.2, 0.25) is 0 Å². The molecule has 2 aromatic heterocycles. The zero-order chi connectivity index (χ0) is 10.1. The first kappa shape index (κ1) is 8.74. The van der Waals surface area contributed by atoms with Crippen molar-refractivity contribution >= 4 is 11.2 Å². The molecule has 0 saturated carbocycles. The molecule has 0 aliphatic rings. The van der Waals surface area contributed by atoms with Crippen LogP contribution in [0.5, 0.6) is 0 Å². The molecule has 0 unspecified atom stereocenters. The van der Waals surface area contributed by atoms with Crippen molar-refractivity contribution in [2.75, 3.05) is 0 Å². The zero-order valence-corrected chi connectivity index (χ0v) is 7.86. The number of allylic oxidation sites excluding steroid dienone is 1. The van der Waals surface area contributed by atoms with Gasteiger partial charge in [0.05, 0.1) is 6.54 Å². The average molecular weight is 190 g/mol. The van der Waals surface area contributed by atoms with Crippen LogP contribution in [0, 0.1) is 0 Å². The van der Waals surface area contributed by atoms with Gasteiger partial charge in [0.1, 0.15) is 0 Å². The lowest BCUT2D eigenvalue weighted by Gasteiger charge is -1.98. The van der Waals surface area contributed by atoms with E-state index in [1.54, 1.807) is 18.3 Å². The molecule has 4 nitrogen and oxygen atoms in total. The van der Waals surface area contributed by atoms with Crippen LogP contribution in [0.3, 0.4) is 0 Å². The summed E-state index contributed by atoms with van der Waals surface area (Å²) < 4.78 is 6.47. The molecule has 0 atom stereocenters. The van der Waals surface area contributed by atoms with Crippen molar-refractivity contribution in [3.8, 4) is 0 Å². The molecule has 0 amide bonds. The van der Waals surface area contributed by atoms with E-state index in [0.717, 1.165) is 5.57 Å². The minimum Gasteiger partial charge on any atom is -0.406 e. The molecule has 0 radical (unpaired) electrons. The molecule has 2 aromatic rings. The zero-order valence-electron chi connectivity index (χ0n) is 7.86. The highest BCUT2D eigenvalue weighted by molar-refractivity contribution is 5.67. The number of oxazole rings is 1. The lowest BCUT2D eigenvalue weighted by Crippen LogP contribution is -2.14. The summed E-state index contributed by atoms with van der Waals surface area (Å²) in [6.07, 6.45) is 1.63. The molecule has 2 heterocycles. The summed E-state index contributed by atoms with van der Waals surface area (Å²) in [6, 6.07) is 3.45. The Labute approximate surface area is 80.5 Å². The van der Waals surface area contributed by atoms with Gasteiger partial charge in [0.2, 0.25) is 0 Å². The fourth-order valence-electron chi connectivity index (χ4n) is 1.31. The van der Waals surface area contributed by atoms with Gasteiger partial charge in [-0.2, -0.15) is 0 Å². The van der Waals surface area contributed by atoms with Crippen LogP contribution < -0.4 is 5.76 Å². The van der Waals surface area contributed by atoms with Crippen LogP contribution >= 0.6 is 0 Å². The molecular formula is C10H10N2O2. The van der Waals surface area contributed by atoms with Gasteiger partial charge in [-0.05, 0) is 19.1 Å². The van der Waals surface area contributed by atoms with Crippen LogP contribution in [0.25, 0.3) is 11.2 Å². The highest BCUT2D eigenvalue weighted by Gasteiger charge is 2.08. The standard InChI is InChI=1S/C10H10N2O2/c1-7(2)6-12-9-8(14-10(12)13)4-3-5-11-9/h3-5H,1,6H2,2H3. The summed E-state index contributed by atoms with van der Waals surface area (Å²) in [7, 11) is 0. The number of hydrogen-bond donors (Lipinski definition) is 0. The molecule has 0 saturated heterocycles. The number of rotatable bonds is 2. The molecule has 0 N–H and O–H groups in total. The van der Waals surface area contributed by atoms with E-state index in [1.807, 2.05) is 6.92 Å². The van der Waals surface area contributed by atoms with Crippen molar-refractivity contribution in [3.63, 3.8) is 0 Å². The van der Waals surface area contributed by atoms with E-state index in [0.29, 0.717) is 17.8 Å². The lowest BCUT2D eigenvalue weighted by molar-refractivity contribution is 0.516. The largest absolute Gasteiger partial charge is 0.421 e. The maximum atomic E-state index is 11.4. The van der Waals surface area contributed by atoms with Crippen molar-refractivity contribution < 1.29 is 4.42 Å². The number of nitrogens with zero attached hydrogens (tertiary/aromatic N) is 2. The maximum absolute atomic E-state index is 11.4. The smallest absolute Gasteiger partial charge is 0.406 e. The molecule has 0 aliphatic carbocycles. The Kier molecular flexibility index (Phi) is 1.96. The van der Waals surface area contributed by atoms with Gasteiger partial charge in [0.15, 0.2) is 11.2 Å². The monoisotopic (exact) mass is 190 g/mol. The van der Waals surface area contributed by atoms with Crippen LogP contribution in [-0.4, -0.2) is 9.55 Å². The van der Waals surface area contributed by atoms with Crippen LogP contribution in [0.4, 0.5) is 0 Å². The van der Waals surface area contributed by atoms with Gasteiger partial charge in [-0.25, -0.2) is 9.78 Å². The Morgan fingerprint density at radius 2 is 2.50 bits per heavy atom. The summed E-state index contributed by atoms with van der Waals surface area (Å²) in [4.78, 5) is 15.5. The van der Waals surface area contributed by atoms with Gasteiger partial charge in [0, 0.05) is 6.20 Å². The van der Waals surface area contributed by atoms with Gasteiger partial charge >= 0.3 is 5.76 Å². The van der Waals surface area contributed by atoms with Crippen molar-refractivity contribution in [2.24, 2.45) is 0 Å². The Balaban J connectivity index is 2.68. The number of aromatic nitrogens is 2.